The lowest BCUT2D eigenvalue weighted by atomic mass is 9.89. The highest BCUT2D eigenvalue weighted by Gasteiger charge is 2.35. The molecule has 1 aromatic rings. The number of benzene rings is 1. The maximum Gasteiger partial charge on any atom is 0.182 e. The van der Waals surface area contributed by atoms with Crippen molar-refractivity contribution in [3.63, 3.8) is 0 Å². The zero-order valence-corrected chi connectivity index (χ0v) is 13.3. The maximum atomic E-state index is 12.9. The quantitative estimate of drug-likeness (QED) is 0.771. The summed E-state index contributed by atoms with van der Waals surface area (Å²) in [6.07, 6.45) is 5.02. The van der Waals surface area contributed by atoms with Gasteiger partial charge in [-0.3, -0.25) is 9.69 Å². The molecular weight excluding hydrogens is 246 g/mol. The highest BCUT2D eigenvalue weighted by molar-refractivity contribution is 6.02. The average Bonchev–Trinajstić information content (AvgIpc) is 2.70. The molecular formula is C18H27NO. The Morgan fingerprint density at radius 3 is 2.15 bits per heavy atom. The van der Waals surface area contributed by atoms with Crippen LogP contribution >= 0.6 is 0 Å². The van der Waals surface area contributed by atoms with Crippen molar-refractivity contribution >= 4 is 5.78 Å². The van der Waals surface area contributed by atoms with Gasteiger partial charge in [0.25, 0.3) is 0 Å². The SMILES string of the molecule is Cc1ccc(C(=O)C(C)(C)N2CCCCCC2)cc1C. The third-order valence-electron chi connectivity index (χ3n) is 4.72. The van der Waals surface area contributed by atoms with Crippen LogP contribution in [0.4, 0.5) is 0 Å². The van der Waals surface area contributed by atoms with E-state index >= 15 is 0 Å². The van der Waals surface area contributed by atoms with Crippen LogP contribution in [0, 0.1) is 13.8 Å². The van der Waals surface area contributed by atoms with E-state index in [2.05, 4.69) is 38.7 Å². The van der Waals surface area contributed by atoms with Crippen LogP contribution < -0.4 is 0 Å². The minimum absolute atomic E-state index is 0.252. The second-order valence-electron chi connectivity index (χ2n) is 6.59. The Hall–Kier alpha value is -1.15. The fraction of sp³-hybridized carbons (Fsp3) is 0.611. The summed E-state index contributed by atoms with van der Waals surface area (Å²) in [7, 11) is 0. The maximum absolute atomic E-state index is 12.9. The molecule has 0 N–H and O–H groups in total. The Bertz CT molecular complexity index is 482. The summed E-state index contributed by atoms with van der Waals surface area (Å²) in [4.78, 5) is 15.3. The van der Waals surface area contributed by atoms with Gasteiger partial charge in [-0.1, -0.05) is 25.0 Å². The first kappa shape index (κ1) is 15.2. The Balaban J connectivity index is 2.22. The van der Waals surface area contributed by atoms with Crippen molar-refractivity contribution in [1.82, 2.24) is 4.90 Å². The molecule has 1 aliphatic rings. The first-order chi connectivity index (χ1) is 9.43. The number of nitrogens with zero attached hydrogens (tertiary/aromatic N) is 1. The van der Waals surface area contributed by atoms with Crippen molar-refractivity contribution < 1.29 is 4.79 Å². The summed E-state index contributed by atoms with van der Waals surface area (Å²) < 4.78 is 0. The molecule has 1 aromatic carbocycles. The van der Waals surface area contributed by atoms with Gasteiger partial charge in [-0.05, 0) is 70.8 Å². The molecule has 0 saturated carbocycles. The van der Waals surface area contributed by atoms with E-state index in [1.807, 2.05) is 12.1 Å². The number of hydrogen-bond acceptors (Lipinski definition) is 2. The molecule has 0 unspecified atom stereocenters. The monoisotopic (exact) mass is 273 g/mol. The molecule has 110 valence electrons. The van der Waals surface area contributed by atoms with Gasteiger partial charge in [0.05, 0.1) is 5.54 Å². The largest absolute Gasteiger partial charge is 0.292 e. The average molecular weight is 273 g/mol. The van der Waals surface area contributed by atoms with Gasteiger partial charge < -0.3 is 0 Å². The minimum Gasteiger partial charge on any atom is -0.292 e. The molecule has 0 atom stereocenters. The van der Waals surface area contributed by atoms with Crippen molar-refractivity contribution in [2.24, 2.45) is 0 Å². The van der Waals surface area contributed by atoms with Crippen LogP contribution in [0.3, 0.4) is 0 Å². The van der Waals surface area contributed by atoms with Crippen LogP contribution in [-0.4, -0.2) is 29.3 Å². The number of ketones is 1. The number of carbonyl (C=O) groups is 1. The normalized spacial score (nSPS) is 17.8. The van der Waals surface area contributed by atoms with E-state index in [9.17, 15) is 4.79 Å². The topological polar surface area (TPSA) is 20.3 Å². The molecule has 1 aliphatic heterocycles. The molecule has 0 aromatic heterocycles. The van der Waals surface area contributed by atoms with E-state index < -0.39 is 5.54 Å². The molecule has 20 heavy (non-hydrogen) atoms. The van der Waals surface area contributed by atoms with E-state index in [1.165, 1.54) is 36.8 Å². The summed E-state index contributed by atoms with van der Waals surface area (Å²) >= 11 is 0. The Morgan fingerprint density at radius 2 is 1.60 bits per heavy atom. The van der Waals surface area contributed by atoms with E-state index in [0.29, 0.717) is 0 Å². The number of hydrogen-bond donors (Lipinski definition) is 0. The van der Waals surface area contributed by atoms with Crippen LogP contribution in [0.25, 0.3) is 0 Å². The van der Waals surface area contributed by atoms with Gasteiger partial charge in [-0.15, -0.1) is 0 Å². The van der Waals surface area contributed by atoms with Crippen LogP contribution in [0.1, 0.15) is 61.0 Å². The second-order valence-corrected chi connectivity index (χ2v) is 6.59. The zero-order valence-electron chi connectivity index (χ0n) is 13.3. The molecule has 0 spiro atoms. The van der Waals surface area contributed by atoms with Crippen LogP contribution in [0.5, 0.6) is 0 Å². The van der Waals surface area contributed by atoms with Gasteiger partial charge >= 0.3 is 0 Å². The lowest BCUT2D eigenvalue weighted by Crippen LogP contribution is -2.50. The van der Waals surface area contributed by atoms with E-state index in [0.717, 1.165) is 18.7 Å². The summed E-state index contributed by atoms with van der Waals surface area (Å²) in [6.45, 7) is 10.4. The molecule has 2 heteroatoms. The number of Topliss-reactive ketones (excluding diaryl/α,β-unsaturated/α-hetero) is 1. The molecule has 1 saturated heterocycles. The lowest BCUT2D eigenvalue weighted by molar-refractivity contribution is 0.0649. The smallest absolute Gasteiger partial charge is 0.182 e. The Kier molecular flexibility index (Phi) is 4.64. The van der Waals surface area contributed by atoms with E-state index in [1.54, 1.807) is 0 Å². The highest BCUT2D eigenvalue weighted by atomic mass is 16.1. The van der Waals surface area contributed by atoms with E-state index in [-0.39, 0.29) is 5.78 Å². The summed E-state index contributed by atoms with van der Waals surface area (Å²) in [6, 6.07) is 6.07. The van der Waals surface area contributed by atoms with Gasteiger partial charge in [-0.25, -0.2) is 0 Å². The van der Waals surface area contributed by atoms with Gasteiger partial charge in [0.15, 0.2) is 5.78 Å². The third kappa shape index (κ3) is 3.12. The summed E-state index contributed by atoms with van der Waals surface area (Å²) in [5, 5.41) is 0. The fourth-order valence-electron chi connectivity index (χ4n) is 3.01. The molecule has 0 radical (unpaired) electrons. The molecule has 1 heterocycles. The molecule has 1 fully saturated rings. The predicted octanol–water partition coefficient (Wildman–Crippen LogP) is 4.14. The lowest BCUT2D eigenvalue weighted by Gasteiger charge is -2.36. The van der Waals surface area contributed by atoms with Gasteiger partial charge in [0.1, 0.15) is 0 Å². The van der Waals surface area contributed by atoms with Crippen LogP contribution in [0.2, 0.25) is 0 Å². The number of rotatable bonds is 3. The van der Waals surface area contributed by atoms with Gasteiger partial charge in [-0.2, -0.15) is 0 Å². The van der Waals surface area contributed by atoms with Gasteiger partial charge in [0.2, 0.25) is 0 Å². The van der Waals surface area contributed by atoms with E-state index in [4.69, 9.17) is 0 Å². The molecule has 2 rings (SSSR count). The first-order valence-electron chi connectivity index (χ1n) is 7.80. The Labute approximate surface area is 123 Å². The third-order valence-corrected chi connectivity index (χ3v) is 4.72. The summed E-state index contributed by atoms with van der Waals surface area (Å²) in [5.74, 6) is 0.252. The van der Waals surface area contributed by atoms with Crippen LogP contribution in [0.15, 0.2) is 18.2 Å². The highest BCUT2D eigenvalue weighted by Crippen LogP contribution is 2.25. The van der Waals surface area contributed by atoms with Crippen molar-refractivity contribution in [3.8, 4) is 0 Å². The molecule has 2 nitrogen and oxygen atoms in total. The first-order valence-corrected chi connectivity index (χ1v) is 7.80. The molecule has 0 aliphatic carbocycles. The number of aryl methyl sites for hydroxylation is 2. The number of likely N-dealkylation sites (tertiary alicyclic amines) is 1. The zero-order chi connectivity index (χ0) is 14.8. The second kappa shape index (κ2) is 6.09. The van der Waals surface area contributed by atoms with Crippen molar-refractivity contribution in [1.29, 1.82) is 0 Å². The predicted molar refractivity (Wildman–Crippen MR) is 84.4 cm³/mol. The standard InChI is InChI=1S/C18H27NO/c1-14-9-10-16(13-15(14)2)17(20)18(3,4)19-11-7-5-6-8-12-19/h9-10,13H,5-8,11-12H2,1-4H3. The number of carbonyl (C=O) groups excluding carboxylic acids is 1. The molecule has 0 bridgehead atoms. The fourth-order valence-corrected chi connectivity index (χ4v) is 3.01. The van der Waals surface area contributed by atoms with Crippen molar-refractivity contribution in [3.05, 3.63) is 34.9 Å². The molecule has 0 amide bonds. The van der Waals surface area contributed by atoms with Gasteiger partial charge in [0, 0.05) is 5.56 Å². The van der Waals surface area contributed by atoms with Crippen LogP contribution in [-0.2, 0) is 0 Å². The van der Waals surface area contributed by atoms with Crippen molar-refractivity contribution in [2.45, 2.75) is 58.9 Å². The Morgan fingerprint density at radius 1 is 1.00 bits per heavy atom. The van der Waals surface area contributed by atoms with Crippen molar-refractivity contribution in [2.75, 3.05) is 13.1 Å². The minimum atomic E-state index is -0.397. The summed E-state index contributed by atoms with van der Waals surface area (Å²) in [5.41, 5.74) is 2.89.